The quantitative estimate of drug-likeness (QED) is 0.669. The van der Waals surface area contributed by atoms with Gasteiger partial charge in [0.05, 0.1) is 11.9 Å². The average molecular weight is 306 g/mol. The Morgan fingerprint density at radius 1 is 1.30 bits per heavy atom. The van der Waals surface area contributed by atoms with Crippen LogP contribution in [0.4, 0.5) is 0 Å². The Morgan fingerprint density at radius 2 is 2.10 bits per heavy atom. The predicted molar refractivity (Wildman–Crippen MR) is 84.7 cm³/mol. The molecule has 0 radical (unpaired) electrons. The topological polar surface area (TPSA) is 30.7 Å². The first-order valence-electron chi connectivity index (χ1n) is 6.55. The van der Waals surface area contributed by atoms with E-state index >= 15 is 0 Å². The van der Waals surface area contributed by atoms with E-state index in [0.29, 0.717) is 0 Å². The molecule has 0 N–H and O–H groups in total. The van der Waals surface area contributed by atoms with Gasteiger partial charge >= 0.3 is 0 Å². The first-order valence-corrected chi connectivity index (χ1v) is 7.93. The summed E-state index contributed by atoms with van der Waals surface area (Å²) in [5.74, 6) is 0.883. The third-order valence-electron chi connectivity index (χ3n) is 3.51. The molecule has 0 saturated carbocycles. The fraction of sp³-hybridized carbons (Fsp3) is 0.333. The molecule has 0 aromatic carbocycles. The molecule has 1 unspecified atom stereocenters. The summed E-state index contributed by atoms with van der Waals surface area (Å²) < 4.78 is 2.13. The molecule has 3 heterocycles. The Labute approximate surface area is 127 Å². The number of nitrogens with zero attached hydrogens (tertiary/aromatic N) is 3. The summed E-state index contributed by atoms with van der Waals surface area (Å²) in [6.07, 6.45) is 1.83. The average Bonchev–Trinajstić information content (AvgIpc) is 2.96. The highest BCUT2D eigenvalue weighted by Gasteiger charge is 2.17. The highest BCUT2D eigenvalue weighted by molar-refractivity contribution is 7.08. The van der Waals surface area contributed by atoms with Gasteiger partial charge in [-0.2, -0.15) is 11.3 Å². The van der Waals surface area contributed by atoms with Gasteiger partial charge in [-0.15, -0.1) is 11.6 Å². The summed E-state index contributed by atoms with van der Waals surface area (Å²) >= 11 is 8.03. The molecule has 0 fully saturated rings. The molecule has 3 nitrogen and oxygen atoms in total. The Morgan fingerprint density at radius 3 is 2.75 bits per heavy atom. The summed E-state index contributed by atoms with van der Waals surface area (Å²) in [7, 11) is 0. The van der Waals surface area contributed by atoms with Crippen molar-refractivity contribution in [1.29, 1.82) is 0 Å². The number of imidazole rings is 1. The van der Waals surface area contributed by atoms with E-state index in [2.05, 4.69) is 34.2 Å². The molecule has 3 aromatic heterocycles. The van der Waals surface area contributed by atoms with E-state index in [0.717, 1.165) is 29.1 Å². The molecule has 0 aliphatic rings. The Bertz CT molecular complexity index is 758. The lowest BCUT2D eigenvalue weighted by molar-refractivity contribution is 0.735. The zero-order valence-corrected chi connectivity index (χ0v) is 13.3. The van der Waals surface area contributed by atoms with Crippen LogP contribution >= 0.6 is 22.9 Å². The fourth-order valence-electron chi connectivity index (χ4n) is 2.33. The van der Waals surface area contributed by atoms with Gasteiger partial charge in [0.25, 0.3) is 0 Å². The molecule has 0 saturated heterocycles. The third-order valence-corrected chi connectivity index (χ3v) is 4.62. The van der Waals surface area contributed by atoms with Gasteiger partial charge in [0.15, 0.2) is 5.65 Å². The van der Waals surface area contributed by atoms with Crippen LogP contribution in [0.1, 0.15) is 34.8 Å². The van der Waals surface area contributed by atoms with Crippen molar-refractivity contribution in [2.45, 2.75) is 32.7 Å². The SMILES string of the molecule is Cc1cscc1Cn1c(C(C)Cl)nc2c(C)ccnc21. The zero-order chi connectivity index (χ0) is 14.3. The maximum Gasteiger partial charge on any atom is 0.160 e. The molecular weight excluding hydrogens is 290 g/mol. The van der Waals surface area contributed by atoms with E-state index in [4.69, 9.17) is 16.6 Å². The molecule has 3 aromatic rings. The summed E-state index contributed by atoms with van der Waals surface area (Å²) in [6.45, 7) is 6.91. The Balaban J connectivity index is 2.19. The highest BCUT2D eigenvalue weighted by Crippen LogP contribution is 2.27. The first kappa shape index (κ1) is 13.6. The van der Waals surface area contributed by atoms with Gasteiger partial charge in [0, 0.05) is 6.20 Å². The van der Waals surface area contributed by atoms with Gasteiger partial charge in [-0.1, -0.05) is 0 Å². The van der Waals surface area contributed by atoms with Crippen molar-refractivity contribution >= 4 is 34.1 Å². The van der Waals surface area contributed by atoms with Crippen molar-refractivity contribution in [2.75, 3.05) is 0 Å². The van der Waals surface area contributed by atoms with E-state index in [1.807, 2.05) is 19.2 Å². The van der Waals surface area contributed by atoms with E-state index in [1.165, 1.54) is 11.1 Å². The minimum atomic E-state index is -0.137. The van der Waals surface area contributed by atoms with Gasteiger partial charge < -0.3 is 4.57 Å². The smallest absolute Gasteiger partial charge is 0.160 e. The molecule has 104 valence electrons. The molecule has 0 spiro atoms. The molecule has 0 aliphatic carbocycles. The predicted octanol–water partition coefficient (Wildman–Crippen LogP) is 4.46. The summed E-state index contributed by atoms with van der Waals surface area (Å²) in [6, 6.07) is 1.98. The second kappa shape index (κ2) is 5.19. The molecule has 5 heteroatoms. The number of aryl methyl sites for hydroxylation is 2. The van der Waals surface area contributed by atoms with Crippen LogP contribution < -0.4 is 0 Å². The van der Waals surface area contributed by atoms with Crippen LogP contribution in [0, 0.1) is 13.8 Å². The minimum Gasteiger partial charge on any atom is -0.307 e. The number of halogens is 1. The van der Waals surface area contributed by atoms with Crippen LogP contribution in [0.2, 0.25) is 0 Å². The number of rotatable bonds is 3. The van der Waals surface area contributed by atoms with E-state index in [-0.39, 0.29) is 5.38 Å². The standard InChI is InChI=1S/C15H16ClN3S/c1-9-4-5-17-15-13(9)18-14(11(3)16)19(15)6-12-8-20-7-10(12)2/h4-5,7-8,11H,6H2,1-3H3. The third kappa shape index (κ3) is 2.23. The van der Waals surface area contributed by atoms with Crippen molar-refractivity contribution in [2.24, 2.45) is 0 Å². The van der Waals surface area contributed by atoms with Gasteiger partial charge in [-0.25, -0.2) is 9.97 Å². The lowest BCUT2D eigenvalue weighted by Gasteiger charge is -2.09. The van der Waals surface area contributed by atoms with Crippen molar-refractivity contribution in [3.63, 3.8) is 0 Å². The van der Waals surface area contributed by atoms with Crippen molar-refractivity contribution in [3.8, 4) is 0 Å². The molecule has 0 bridgehead atoms. The number of alkyl halides is 1. The number of hydrogen-bond acceptors (Lipinski definition) is 3. The molecular formula is C15H16ClN3S. The van der Waals surface area contributed by atoms with Gasteiger partial charge in [-0.3, -0.25) is 0 Å². The summed E-state index contributed by atoms with van der Waals surface area (Å²) in [4.78, 5) is 9.19. The van der Waals surface area contributed by atoms with Crippen LogP contribution in [0.5, 0.6) is 0 Å². The Kier molecular flexibility index (Phi) is 3.52. The van der Waals surface area contributed by atoms with E-state index in [1.54, 1.807) is 11.3 Å². The van der Waals surface area contributed by atoms with E-state index in [9.17, 15) is 0 Å². The molecule has 0 aliphatic heterocycles. The number of thiophene rings is 1. The van der Waals surface area contributed by atoms with Gasteiger partial charge in [-0.05, 0) is 54.3 Å². The van der Waals surface area contributed by atoms with E-state index < -0.39 is 0 Å². The molecule has 0 amide bonds. The number of hydrogen-bond donors (Lipinski definition) is 0. The zero-order valence-electron chi connectivity index (χ0n) is 11.7. The van der Waals surface area contributed by atoms with Crippen LogP contribution in [0.15, 0.2) is 23.0 Å². The second-order valence-corrected chi connectivity index (χ2v) is 6.45. The lowest BCUT2D eigenvalue weighted by Crippen LogP contribution is -2.06. The first-order chi connectivity index (χ1) is 9.58. The Hall–Kier alpha value is -1.39. The van der Waals surface area contributed by atoms with Crippen LogP contribution in [-0.4, -0.2) is 14.5 Å². The molecule has 3 rings (SSSR count). The number of fused-ring (bicyclic) bond motifs is 1. The lowest BCUT2D eigenvalue weighted by atomic mass is 10.2. The maximum absolute atomic E-state index is 6.30. The highest BCUT2D eigenvalue weighted by atomic mass is 35.5. The largest absolute Gasteiger partial charge is 0.307 e. The van der Waals surface area contributed by atoms with Gasteiger partial charge in [0.1, 0.15) is 11.3 Å². The van der Waals surface area contributed by atoms with Crippen molar-refractivity contribution in [3.05, 3.63) is 45.5 Å². The number of pyridine rings is 1. The van der Waals surface area contributed by atoms with Crippen LogP contribution in [0.3, 0.4) is 0 Å². The fourth-order valence-corrected chi connectivity index (χ4v) is 3.35. The maximum atomic E-state index is 6.30. The molecule has 20 heavy (non-hydrogen) atoms. The summed E-state index contributed by atoms with van der Waals surface area (Å²) in [5, 5.41) is 4.21. The normalized spacial score (nSPS) is 13.0. The second-order valence-electron chi connectivity index (χ2n) is 5.05. The monoisotopic (exact) mass is 305 g/mol. The summed E-state index contributed by atoms with van der Waals surface area (Å²) in [5.41, 5.74) is 5.60. The molecule has 1 atom stereocenters. The van der Waals surface area contributed by atoms with Crippen molar-refractivity contribution in [1.82, 2.24) is 14.5 Å². The minimum absolute atomic E-state index is 0.137. The number of aromatic nitrogens is 3. The van der Waals surface area contributed by atoms with Crippen molar-refractivity contribution < 1.29 is 0 Å². The van der Waals surface area contributed by atoms with Crippen LogP contribution in [0.25, 0.3) is 11.2 Å². The van der Waals surface area contributed by atoms with Gasteiger partial charge in [0.2, 0.25) is 0 Å². The van der Waals surface area contributed by atoms with Crippen LogP contribution in [-0.2, 0) is 6.54 Å².